The molecule has 1 atom stereocenters. The summed E-state index contributed by atoms with van der Waals surface area (Å²) < 4.78 is 7.43. The Balaban J connectivity index is 1.91. The summed E-state index contributed by atoms with van der Waals surface area (Å²) in [6, 6.07) is 7.85. The fraction of sp³-hybridized carbons (Fsp3) is 0.333. The predicted molar refractivity (Wildman–Crippen MR) is 83.9 cm³/mol. The molecule has 0 saturated carbocycles. The maximum Gasteiger partial charge on any atom is 0.213 e. The van der Waals surface area contributed by atoms with Crippen LogP contribution in [0.4, 0.5) is 0 Å². The van der Waals surface area contributed by atoms with Gasteiger partial charge in [0.2, 0.25) is 4.77 Å². The summed E-state index contributed by atoms with van der Waals surface area (Å²) in [4.78, 5) is 4.16. The van der Waals surface area contributed by atoms with E-state index in [0.717, 1.165) is 28.2 Å². The molecular weight excluding hydrogens is 346 g/mol. The molecule has 2 aromatic rings. The Morgan fingerprint density at radius 1 is 1.47 bits per heavy atom. The van der Waals surface area contributed by atoms with Gasteiger partial charge in [-0.25, -0.2) is 4.98 Å². The minimum absolute atomic E-state index is 0.0907. The lowest BCUT2D eigenvalue weighted by Gasteiger charge is -2.16. The zero-order chi connectivity index (χ0) is 13.7. The number of rotatable bonds is 6. The third-order valence-electron chi connectivity index (χ3n) is 2.35. The van der Waals surface area contributed by atoms with E-state index in [0.29, 0.717) is 4.77 Å². The normalized spacial score (nSPS) is 12.3. The molecule has 1 unspecified atom stereocenters. The minimum Gasteiger partial charge on any atom is -0.480 e. The zero-order valence-corrected chi connectivity index (χ0v) is 13.6. The van der Waals surface area contributed by atoms with Gasteiger partial charge in [-0.05, 0) is 36.8 Å². The molecule has 1 aromatic heterocycles. The molecule has 4 nitrogen and oxygen atoms in total. The Bertz CT molecular complexity index is 584. The average molecular weight is 360 g/mol. The van der Waals surface area contributed by atoms with E-state index in [1.165, 1.54) is 0 Å². The molecule has 0 fully saturated rings. The number of aromatic nitrogens is 3. The van der Waals surface area contributed by atoms with Gasteiger partial charge in [0.25, 0.3) is 0 Å². The van der Waals surface area contributed by atoms with Gasteiger partial charge < -0.3 is 4.74 Å². The van der Waals surface area contributed by atoms with E-state index < -0.39 is 0 Å². The Labute approximate surface area is 129 Å². The molecule has 102 valence electrons. The molecule has 1 aromatic carbocycles. The van der Waals surface area contributed by atoms with Crippen LogP contribution in [0, 0.1) is 4.77 Å². The van der Waals surface area contributed by atoms with Crippen molar-refractivity contribution in [3.8, 4) is 5.75 Å². The minimum atomic E-state index is 0.0907. The van der Waals surface area contributed by atoms with E-state index in [2.05, 4.69) is 38.0 Å². The number of benzene rings is 1. The quantitative estimate of drug-likeness (QED) is 0.596. The molecule has 0 aliphatic rings. The van der Waals surface area contributed by atoms with Crippen molar-refractivity contribution < 1.29 is 4.74 Å². The van der Waals surface area contributed by atoms with Crippen LogP contribution in [0.25, 0.3) is 0 Å². The first-order chi connectivity index (χ1) is 9.17. The molecule has 1 heterocycles. The van der Waals surface area contributed by atoms with Crippen LogP contribution in [0.2, 0.25) is 0 Å². The maximum absolute atomic E-state index is 5.93. The fourth-order valence-corrected chi connectivity index (χ4v) is 2.91. The van der Waals surface area contributed by atoms with Crippen LogP contribution >= 0.6 is 39.9 Å². The highest BCUT2D eigenvalue weighted by molar-refractivity contribution is 9.10. The number of ether oxygens (including phenoxy) is 1. The number of aromatic amines is 2. The molecule has 0 radical (unpaired) electrons. The van der Waals surface area contributed by atoms with E-state index in [9.17, 15) is 0 Å². The van der Waals surface area contributed by atoms with E-state index in [4.69, 9.17) is 17.0 Å². The lowest BCUT2D eigenvalue weighted by molar-refractivity contribution is 0.283. The van der Waals surface area contributed by atoms with Gasteiger partial charge in [-0.1, -0.05) is 28.9 Å². The summed E-state index contributed by atoms with van der Waals surface area (Å²) in [5.74, 6) is 2.44. The van der Waals surface area contributed by atoms with Crippen LogP contribution in [0.3, 0.4) is 0 Å². The van der Waals surface area contributed by atoms with Crippen LogP contribution in [-0.2, 0) is 5.75 Å². The third kappa shape index (κ3) is 4.67. The van der Waals surface area contributed by atoms with Crippen molar-refractivity contribution in [1.82, 2.24) is 15.2 Å². The number of hydrogen-bond acceptors (Lipinski definition) is 4. The second kappa shape index (κ2) is 7.12. The average Bonchev–Trinajstić information content (AvgIpc) is 2.80. The standard InChI is InChI=1S/C12H14BrN3OS2/c1-2-11(17-9-5-3-4-8(13)6-9)19-7-10-14-12(18)16-15-10/h3-6,11H,2,7H2,1H3,(H2,14,15,16,18). The van der Waals surface area contributed by atoms with Gasteiger partial charge in [0, 0.05) is 4.47 Å². The second-order valence-electron chi connectivity index (χ2n) is 3.84. The first-order valence-electron chi connectivity index (χ1n) is 5.84. The van der Waals surface area contributed by atoms with Crippen molar-refractivity contribution in [2.45, 2.75) is 24.5 Å². The molecule has 19 heavy (non-hydrogen) atoms. The Morgan fingerprint density at radius 2 is 2.32 bits per heavy atom. The molecule has 0 spiro atoms. The molecule has 0 aliphatic heterocycles. The van der Waals surface area contributed by atoms with Crippen LogP contribution in [0.1, 0.15) is 19.2 Å². The van der Waals surface area contributed by atoms with Crippen molar-refractivity contribution in [1.29, 1.82) is 0 Å². The number of nitrogens with one attached hydrogen (secondary N) is 2. The van der Waals surface area contributed by atoms with Crippen molar-refractivity contribution in [3.63, 3.8) is 0 Å². The maximum atomic E-state index is 5.93. The van der Waals surface area contributed by atoms with Crippen molar-refractivity contribution in [3.05, 3.63) is 39.3 Å². The summed E-state index contributed by atoms with van der Waals surface area (Å²) in [5.41, 5.74) is 0.0907. The Kier molecular flexibility index (Phi) is 5.47. The fourth-order valence-electron chi connectivity index (χ4n) is 1.47. The monoisotopic (exact) mass is 359 g/mol. The van der Waals surface area contributed by atoms with Crippen LogP contribution < -0.4 is 4.74 Å². The zero-order valence-electron chi connectivity index (χ0n) is 10.4. The predicted octanol–water partition coefficient (Wildman–Crippen LogP) is 4.28. The van der Waals surface area contributed by atoms with Gasteiger partial charge in [0.1, 0.15) is 17.0 Å². The summed E-state index contributed by atoms with van der Waals surface area (Å²) in [5, 5.41) is 5.72. The number of nitrogens with zero attached hydrogens (tertiary/aromatic N) is 1. The molecule has 2 rings (SSSR count). The van der Waals surface area contributed by atoms with Gasteiger partial charge in [0.15, 0.2) is 0 Å². The van der Waals surface area contributed by atoms with Crippen molar-refractivity contribution >= 4 is 39.9 Å². The van der Waals surface area contributed by atoms with Crippen LogP contribution in [0.15, 0.2) is 28.7 Å². The molecule has 2 N–H and O–H groups in total. The number of H-pyrrole nitrogens is 2. The van der Waals surface area contributed by atoms with E-state index in [-0.39, 0.29) is 5.44 Å². The lowest BCUT2D eigenvalue weighted by atomic mass is 10.3. The summed E-state index contributed by atoms with van der Waals surface area (Å²) in [6.07, 6.45) is 0.919. The van der Waals surface area contributed by atoms with Gasteiger partial charge in [0.05, 0.1) is 5.75 Å². The molecule has 0 amide bonds. The molecule has 0 saturated heterocycles. The molecule has 7 heteroatoms. The highest BCUT2D eigenvalue weighted by atomic mass is 79.9. The van der Waals surface area contributed by atoms with Gasteiger partial charge >= 0.3 is 0 Å². The third-order valence-corrected chi connectivity index (χ3v) is 4.28. The molecule has 0 aliphatic carbocycles. The first kappa shape index (κ1) is 14.6. The number of thioether (sulfide) groups is 1. The first-order valence-corrected chi connectivity index (χ1v) is 8.09. The van der Waals surface area contributed by atoms with Gasteiger partial charge in [-0.2, -0.15) is 0 Å². The largest absolute Gasteiger partial charge is 0.480 e. The topological polar surface area (TPSA) is 53.7 Å². The highest BCUT2D eigenvalue weighted by Gasteiger charge is 2.10. The smallest absolute Gasteiger partial charge is 0.213 e. The van der Waals surface area contributed by atoms with E-state index in [1.807, 2.05) is 24.3 Å². The number of halogens is 1. The van der Waals surface area contributed by atoms with Crippen LogP contribution in [-0.4, -0.2) is 20.6 Å². The highest BCUT2D eigenvalue weighted by Crippen LogP contribution is 2.25. The van der Waals surface area contributed by atoms with Crippen LogP contribution in [0.5, 0.6) is 5.75 Å². The second-order valence-corrected chi connectivity index (χ2v) is 6.29. The van der Waals surface area contributed by atoms with E-state index >= 15 is 0 Å². The van der Waals surface area contributed by atoms with Crippen molar-refractivity contribution in [2.75, 3.05) is 0 Å². The summed E-state index contributed by atoms with van der Waals surface area (Å²) >= 11 is 10.0. The molecular formula is C12H14BrN3OS2. The van der Waals surface area contributed by atoms with Gasteiger partial charge in [-0.15, -0.1) is 11.8 Å². The summed E-state index contributed by atoms with van der Waals surface area (Å²) in [7, 11) is 0. The SMILES string of the molecule is CCC(Oc1cccc(Br)c1)SCc1nc(=S)[nH][nH]1. The Morgan fingerprint density at radius 3 is 2.95 bits per heavy atom. The summed E-state index contributed by atoms with van der Waals surface area (Å²) in [6.45, 7) is 2.10. The van der Waals surface area contributed by atoms with E-state index in [1.54, 1.807) is 11.8 Å². The Hall–Kier alpha value is -0.790. The molecule has 0 bridgehead atoms. The number of hydrogen-bond donors (Lipinski definition) is 2. The lowest BCUT2D eigenvalue weighted by Crippen LogP contribution is -2.11. The van der Waals surface area contributed by atoms with Crippen molar-refractivity contribution in [2.24, 2.45) is 0 Å². The van der Waals surface area contributed by atoms with Gasteiger partial charge in [-0.3, -0.25) is 10.2 Å².